The van der Waals surface area contributed by atoms with Gasteiger partial charge in [-0.1, -0.05) is 78.3 Å². The van der Waals surface area contributed by atoms with Crippen LogP contribution in [-0.4, -0.2) is 22.0 Å². The predicted octanol–water partition coefficient (Wildman–Crippen LogP) is 9.33. The first-order valence-corrected chi connectivity index (χ1v) is 17.1. The van der Waals surface area contributed by atoms with Crippen LogP contribution in [0.4, 0.5) is 0 Å². The maximum atomic E-state index is 13.7. The molecule has 10 atom stereocenters. The fraction of sp³-hybridized carbons (Fsp3) is 0.692. The summed E-state index contributed by atoms with van der Waals surface area (Å²) in [5.41, 5.74) is 2.00. The number of allylic oxidation sites excluding steroid dienone is 3. The molecule has 5 aliphatic rings. The van der Waals surface area contributed by atoms with Crippen LogP contribution in [0.1, 0.15) is 112 Å². The van der Waals surface area contributed by atoms with Gasteiger partial charge in [0.05, 0.1) is 5.41 Å². The highest BCUT2D eigenvalue weighted by molar-refractivity contribution is 5.96. The summed E-state index contributed by atoms with van der Waals surface area (Å²) >= 11 is 0. The lowest BCUT2D eigenvalue weighted by atomic mass is 9.33. The average Bonchev–Trinajstić information content (AvgIpc) is 2.94. The molecule has 43 heavy (non-hydrogen) atoms. The van der Waals surface area contributed by atoms with Gasteiger partial charge in [0.1, 0.15) is 5.75 Å². The van der Waals surface area contributed by atoms with Gasteiger partial charge in [0.2, 0.25) is 0 Å². The first kappa shape index (κ1) is 30.7. The van der Waals surface area contributed by atoms with E-state index in [0.717, 1.165) is 63.4 Å². The third kappa shape index (κ3) is 4.20. The number of hydrogen-bond donors (Lipinski definition) is 2. The van der Waals surface area contributed by atoms with Crippen LogP contribution in [0.25, 0.3) is 6.08 Å². The average molecular weight is 587 g/mol. The molecule has 1 aromatic rings. The molecule has 0 aromatic heterocycles. The number of benzene rings is 1. The lowest BCUT2D eigenvalue weighted by Gasteiger charge is -2.71. The van der Waals surface area contributed by atoms with Crippen molar-refractivity contribution in [2.24, 2.45) is 62.6 Å². The lowest BCUT2D eigenvalue weighted by Crippen LogP contribution is -2.65. The van der Waals surface area contributed by atoms with Crippen molar-refractivity contribution in [1.29, 1.82) is 0 Å². The summed E-state index contributed by atoms with van der Waals surface area (Å²) in [6, 6.07) is 7.01. The Morgan fingerprint density at radius 2 is 1.56 bits per heavy atom. The minimum atomic E-state index is -0.602. The van der Waals surface area contributed by atoms with Crippen LogP contribution in [0.3, 0.4) is 0 Å². The van der Waals surface area contributed by atoms with Crippen molar-refractivity contribution in [2.45, 2.75) is 106 Å². The first-order chi connectivity index (χ1) is 20.1. The normalized spacial score (nSPS) is 45.2. The number of aliphatic carboxylic acids is 1. The molecule has 0 unspecified atom stereocenters. The van der Waals surface area contributed by atoms with Crippen LogP contribution in [0.5, 0.6) is 5.75 Å². The fourth-order valence-electron chi connectivity index (χ4n) is 12.3. The summed E-state index contributed by atoms with van der Waals surface area (Å²) in [6.07, 6.45) is 15.1. The molecule has 5 aliphatic carbocycles. The standard InChI is InChI=1S/C39H54O4/c1-24-16-21-39(34(42)43)23-22-37(6)29(33(39)25(24)2)13-15-32-36(5)19-17-28(35(3,4)31(36)18-20-38(32,37)7)30(41)14-10-26-8-11-27(40)12-9-26/h8-14,24-25,28,31-33,40H,15-23H2,1-7H3,(H,42,43)/t24-,25+,28-,31+,32-,33-,36+,37-,38-,39+/m1/s1. The topological polar surface area (TPSA) is 74.6 Å². The van der Waals surface area contributed by atoms with Gasteiger partial charge >= 0.3 is 5.97 Å². The number of fused-ring (bicyclic) bond motifs is 7. The van der Waals surface area contributed by atoms with E-state index in [1.54, 1.807) is 18.2 Å². The van der Waals surface area contributed by atoms with Gasteiger partial charge in [0.15, 0.2) is 5.78 Å². The maximum absolute atomic E-state index is 13.7. The Labute approximate surface area is 259 Å². The van der Waals surface area contributed by atoms with Crippen LogP contribution in [0.15, 0.2) is 42.0 Å². The number of carbonyl (C=O) groups excluding carboxylic acids is 1. The molecule has 6 rings (SSSR count). The van der Waals surface area contributed by atoms with Crippen LogP contribution >= 0.6 is 0 Å². The van der Waals surface area contributed by atoms with Crippen LogP contribution in [0.2, 0.25) is 0 Å². The number of carboxylic acid groups (broad SMARTS) is 1. The Bertz CT molecular complexity index is 1350. The minimum Gasteiger partial charge on any atom is -0.508 e. The number of phenolic OH excluding ortho intramolecular Hbond substituents is 1. The highest BCUT2D eigenvalue weighted by Gasteiger charge is 2.69. The number of rotatable bonds is 4. The van der Waals surface area contributed by atoms with E-state index in [1.807, 2.05) is 18.2 Å². The Kier molecular flexibility index (Phi) is 7.18. The van der Waals surface area contributed by atoms with Crippen molar-refractivity contribution in [3.05, 3.63) is 47.6 Å². The molecule has 4 saturated carbocycles. The van der Waals surface area contributed by atoms with Crippen molar-refractivity contribution in [2.75, 3.05) is 0 Å². The third-order valence-corrected chi connectivity index (χ3v) is 15.1. The zero-order valence-corrected chi connectivity index (χ0v) is 27.6. The molecule has 0 saturated heterocycles. The lowest BCUT2D eigenvalue weighted by molar-refractivity contribution is -0.197. The smallest absolute Gasteiger partial charge is 0.310 e. The molecule has 1 aromatic carbocycles. The highest BCUT2D eigenvalue weighted by Crippen LogP contribution is 2.76. The van der Waals surface area contributed by atoms with Crippen LogP contribution < -0.4 is 0 Å². The predicted molar refractivity (Wildman–Crippen MR) is 172 cm³/mol. The van der Waals surface area contributed by atoms with Crippen molar-refractivity contribution >= 4 is 17.8 Å². The van der Waals surface area contributed by atoms with Gasteiger partial charge in [-0.25, -0.2) is 0 Å². The number of carboxylic acids is 1. The van der Waals surface area contributed by atoms with E-state index in [1.165, 1.54) is 5.57 Å². The third-order valence-electron chi connectivity index (χ3n) is 15.1. The molecule has 4 nitrogen and oxygen atoms in total. The number of aromatic hydroxyl groups is 1. The van der Waals surface area contributed by atoms with E-state index >= 15 is 0 Å². The zero-order chi connectivity index (χ0) is 31.2. The van der Waals surface area contributed by atoms with E-state index in [4.69, 9.17) is 0 Å². The summed E-state index contributed by atoms with van der Waals surface area (Å²) < 4.78 is 0. The van der Waals surface area contributed by atoms with Crippen molar-refractivity contribution in [3.63, 3.8) is 0 Å². The zero-order valence-electron chi connectivity index (χ0n) is 27.6. The van der Waals surface area contributed by atoms with Crippen molar-refractivity contribution in [3.8, 4) is 5.75 Å². The Morgan fingerprint density at radius 3 is 2.23 bits per heavy atom. The molecule has 4 heteroatoms. The summed E-state index contributed by atoms with van der Waals surface area (Å²) in [6.45, 7) is 17.0. The fourth-order valence-corrected chi connectivity index (χ4v) is 12.3. The van der Waals surface area contributed by atoms with Gasteiger partial charge in [-0.05, 0) is 133 Å². The Balaban J connectivity index is 1.31. The quantitative estimate of drug-likeness (QED) is 0.272. The number of ketones is 1. The first-order valence-electron chi connectivity index (χ1n) is 17.1. The molecule has 0 bridgehead atoms. The van der Waals surface area contributed by atoms with Gasteiger partial charge in [0, 0.05) is 5.92 Å². The van der Waals surface area contributed by atoms with E-state index < -0.39 is 11.4 Å². The number of hydrogen-bond acceptors (Lipinski definition) is 3. The molecule has 0 spiro atoms. The molecular formula is C39H54O4. The largest absolute Gasteiger partial charge is 0.508 e. The maximum Gasteiger partial charge on any atom is 0.310 e. The van der Waals surface area contributed by atoms with E-state index in [-0.39, 0.29) is 45.0 Å². The second-order valence-electron chi connectivity index (χ2n) is 16.8. The molecule has 2 N–H and O–H groups in total. The van der Waals surface area contributed by atoms with Crippen molar-refractivity contribution in [1.82, 2.24) is 0 Å². The molecule has 0 aliphatic heterocycles. The molecule has 234 valence electrons. The van der Waals surface area contributed by atoms with Gasteiger partial charge in [0.25, 0.3) is 0 Å². The van der Waals surface area contributed by atoms with Gasteiger partial charge in [-0.15, -0.1) is 0 Å². The van der Waals surface area contributed by atoms with Gasteiger partial charge in [-0.3, -0.25) is 9.59 Å². The summed E-state index contributed by atoms with van der Waals surface area (Å²) in [5.74, 6) is 1.98. The minimum absolute atomic E-state index is 0.00372. The van der Waals surface area contributed by atoms with E-state index in [9.17, 15) is 19.8 Å². The van der Waals surface area contributed by atoms with Gasteiger partial charge in [-0.2, -0.15) is 0 Å². The number of phenols is 1. The summed E-state index contributed by atoms with van der Waals surface area (Å²) in [5, 5.41) is 20.3. The second kappa shape index (κ2) is 10.1. The van der Waals surface area contributed by atoms with E-state index in [2.05, 4.69) is 54.5 Å². The monoisotopic (exact) mass is 586 g/mol. The molecule has 0 radical (unpaired) electrons. The van der Waals surface area contributed by atoms with E-state index in [0.29, 0.717) is 23.7 Å². The second-order valence-corrected chi connectivity index (χ2v) is 16.8. The summed E-state index contributed by atoms with van der Waals surface area (Å²) in [7, 11) is 0. The molecule has 4 fully saturated rings. The highest BCUT2D eigenvalue weighted by atomic mass is 16.4. The molecule has 0 amide bonds. The number of carbonyl (C=O) groups is 2. The van der Waals surface area contributed by atoms with Crippen molar-refractivity contribution < 1.29 is 19.8 Å². The van der Waals surface area contributed by atoms with Gasteiger partial charge < -0.3 is 10.2 Å². The Morgan fingerprint density at radius 1 is 0.860 bits per heavy atom. The summed E-state index contributed by atoms with van der Waals surface area (Å²) in [4.78, 5) is 26.7. The molecule has 0 heterocycles. The van der Waals surface area contributed by atoms with Crippen LogP contribution in [0, 0.1) is 62.6 Å². The van der Waals surface area contributed by atoms with Crippen LogP contribution in [-0.2, 0) is 9.59 Å². The SMILES string of the molecule is C[C@H]1[C@H](C)CC[C@]2(C(=O)O)CC[C@]3(C)C(=CC[C@@H]4[C@@]5(C)CC[C@H](C(=O)C=Cc6ccc(O)cc6)C(C)(C)[C@@H]5CC[C@]43C)[C@@H]12. The molecular weight excluding hydrogens is 532 g/mol. The Hall–Kier alpha value is -2.36.